The van der Waals surface area contributed by atoms with Gasteiger partial charge in [-0.25, -0.2) is 0 Å². The van der Waals surface area contributed by atoms with Crippen LogP contribution in [0.1, 0.15) is 22.8 Å². The Morgan fingerprint density at radius 3 is 2.76 bits per heavy atom. The van der Waals surface area contributed by atoms with Crippen molar-refractivity contribution >= 4 is 38.6 Å². The molecule has 0 spiro atoms. The van der Waals surface area contributed by atoms with Crippen molar-refractivity contribution < 1.29 is 9.53 Å². The Morgan fingerprint density at radius 2 is 2.03 bits per heavy atom. The fraction of sp³-hybridized carbons (Fsp3) is 0.182. The van der Waals surface area contributed by atoms with E-state index < -0.39 is 0 Å². The molecule has 4 rings (SSSR count). The number of carbonyl (C=O) groups is 1. The SMILES string of the molecule is CCn1c(-c2cc(NC(=O)c3ccc(C)c(Br)c3)n[nH]2)cc2ccc(OC)cc21. The summed E-state index contributed by atoms with van der Waals surface area (Å²) in [6.07, 6.45) is 0. The number of nitrogens with zero attached hydrogens (tertiary/aromatic N) is 2. The number of aromatic nitrogens is 3. The summed E-state index contributed by atoms with van der Waals surface area (Å²) in [4.78, 5) is 12.6. The fourth-order valence-electron chi connectivity index (χ4n) is 3.36. The van der Waals surface area contributed by atoms with Crippen LogP contribution in [-0.2, 0) is 6.54 Å². The van der Waals surface area contributed by atoms with Gasteiger partial charge in [0.2, 0.25) is 0 Å². The Kier molecular flexibility index (Phi) is 5.15. The Morgan fingerprint density at radius 1 is 1.21 bits per heavy atom. The third-order valence-electron chi connectivity index (χ3n) is 4.96. The summed E-state index contributed by atoms with van der Waals surface area (Å²) in [6.45, 7) is 4.87. The average Bonchev–Trinajstić information content (AvgIpc) is 3.33. The molecule has 0 saturated heterocycles. The largest absolute Gasteiger partial charge is 0.497 e. The fourth-order valence-corrected chi connectivity index (χ4v) is 3.74. The summed E-state index contributed by atoms with van der Waals surface area (Å²) in [5.41, 5.74) is 4.57. The van der Waals surface area contributed by atoms with Gasteiger partial charge >= 0.3 is 0 Å². The first-order valence-electron chi connectivity index (χ1n) is 9.30. The van der Waals surface area contributed by atoms with E-state index in [-0.39, 0.29) is 5.91 Å². The van der Waals surface area contributed by atoms with Crippen LogP contribution >= 0.6 is 15.9 Å². The van der Waals surface area contributed by atoms with Crippen molar-refractivity contribution in [3.8, 4) is 17.1 Å². The molecule has 0 unspecified atom stereocenters. The highest BCUT2D eigenvalue weighted by Crippen LogP contribution is 2.30. The number of rotatable bonds is 5. The number of aryl methyl sites for hydroxylation is 2. The maximum Gasteiger partial charge on any atom is 0.256 e. The molecule has 0 aliphatic rings. The van der Waals surface area contributed by atoms with Crippen LogP contribution in [0, 0.1) is 6.92 Å². The Bertz CT molecular complexity index is 1210. The summed E-state index contributed by atoms with van der Waals surface area (Å²) in [6, 6.07) is 15.5. The van der Waals surface area contributed by atoms with Crippen LogP contribution in [0.15, 0.2) is 53.0 Å². The lowest BCUT2D eigenvalue weighted by Gasteiger charge is -2.07. The quantitative estimate of drug-likeness (QED) is 0.426. The van der Waals surface area contributed by atoms with Gasteiger partial charge in [-0.15, -0.1) is 0 Å². The predicted molar refractivity (Wildman–Crippen MR) is 119 cm³/mol. The summed E-state index contributed by atoms with van der Waals surface area (Å²) in [5.74, 6) is 1.09. The molecule has 2 aromatic heterocycles. The molecule has 0 radical (unpaired) electrons. The van der Waals surface area contributed by atoms with Gasteiger partial charge in [0.15, 0.2) is 5.82 Å². The molecule has 1 amide bonds. The number of ether oxygens (including phenoxy) is 1. The van der Waals surface area contributed by atoms with E-state index in [0.29, 0.717) is 11.4 Å². The predicted octanol–water partition coefficient (Wildman–Crippen LogP) is 5.38. The molecule has 2 N–H and O–H groups in total. The van der Waals surface area contributed by atoms with Crippen LogP contribution in [0.4, 0.5) is 5.82 Å². The second-order valence-corrected chi connectivity index (χ2v) is 7.64. The molecule has 0 fully saturated rings. The minimum absolute atomic E-state index is 0.204. The molecule has 0 bridgehead atoms. The first-order chi connectivity index (χ1) is 14.0. The number of hydrogen-bond acceptors (Lipinski definition) is 3. The highest BCUT2D eigenvalue weighted by molar-refractivity contribution is 9.10. The Labute approximate surface area is 177 Å². The van der Waals surface area contributed by atoms with Crippen molar-refractivity contribution in [2.75, 3.05) is 12.4 Å². The van der Waals surface area contributed by atoms with E-state index in [1.54, 1.807) is 19.2 Å². The molecular weight excluding hydrogens is 432 g/mol. The first-order valence-corrected chi connectivity index (χ1v) is 10.1. The van der Waals surface area contributed by atoms with Crippen LogP contribution in [-0.4, -0.2) is 27.8 Å². The standard InChI is InChI=1S/C22H21BrN4O2/c1-4-27-19-11-16(29-3)8-7-14(19)10-20(27)18-12-21(26-25-18)24-22(28)15-6-5-13(2)17(23)9-15/h5-12H,4H2,1-3H3,(H2,24,25,26,28). The highest BCUT2D eigenvalue weighted by Gasteiger charge is 2.15. The minimum atomic E-state index is -0.204. The number of aromatic amines is 1. The topological polar surface area (TPSA) is 71.9 Å². The number of anilines is 1. The lowest BCUT2D eigenvalue weighted by molar-refractivity contribution is 0.102. The van der Waals surface area contributed by atoms with E-state index in [9.17, 15) is 4.79 Å². The van der Waals surface area contributed by atoms with Gasteiger partial charge in [-0.2, -0.15) is 5.10 Å². The summed E-state index contributed by atoms with van der Waals surface area (Å²) in [5, 5.41) is 11.3. The number of carbonyl (C=O) groups excluding carboxylic acids is 1. The zero-order chi connectivity index (χ0) is 20.5. The van der Waals surface area contributed by atoms with Gasteiger partial charge in [-0.3, -0.25) is 9.89 Å². The van der Waals surface area contributed by atoms with Crippen LogP contribution in [0.3, 0.4) is 0 Å². The molecule has 0 aliphatic carbocycles. The second-order valence-electron chi connectivity index (χ2n) is 6.78. The van der Waals surface area contributed by atoms with Gasteiger partial charge in [0.25, 0.3) is 5.91 Å². The van der Waals surface area contributed by atoms with E-state index in [1.165, 1.54) is 0 Å². The van der Waals surface area contributed by atoms with Gasteiger partial charge in [0, 0.05) is 34.1 Å². The zero-order valence-electron chi connectivity index (χ0n) is 16.4. The molecular formula is C22H21BrN4O2. The molecule has 29 heavy (non-hydrogen) atoms. The number of amides is 1. The van der Waals surface area contributed by atoms with Crippen LogP contribution < -0.4 is 10.1 Å². The van der Waals surface area contributed by atoms with E-state index >= 15 is 0 Å². The molecule has 0 atom stereocenters. The maximum atomic E-state index is 12.6. The molecule has 7 heteroatoms. The van der Waals surface area contributed by atoms with Crippen molar-refractivity contribution in [1.29, 1.82) is 0 Å². The van der Waals surface area contributed by atoms with Crippen molar-refractivity contribution in [3.05, 3.63) is 64.1 Å². The highest BCUT2D eigenvalue weighted by atomic mass is 79.9. The average molecular weight is 453 g/mol. The Hall–Kier alpha value is -3.06. The number of nitrogens with one attached hydrogen (secondary N) is 2. The van der Waals surface area contributed by atoms with Gasteiger partial charge in [0.1, 0.15) is 5.75 Å². The Balaban J connectivity index is 1.63. The van der Waals surface area contributed by atoms with Gasteiger partial charge in [-0.1, -0.05) is 22.0 Å². The van der Waals surface area contributed by atoms with Gasteiger partial charge in [0.05, 0.1) is 24.0 Å². The third kappa shape index (κ3) is 3.65. The number of hydrogen-bond donors (Lipinski definition) is 2. The minimum Gasteiger partial charge on any atom is -0.497 e. The normalized spacial score (nSPS) is 11.0. The van der Waals surface area contributed by atoms with Crippen LogP contribution in [0.5, 0.6) is 5.75 Å². The zero-order valence-corrected chi connectivity index (χ0v) is 18.0. The van der Waals surface area contributed by atoms with E-state index in [0.717, 1.165) is 44.6 Å². The smallest absolute Gasteiger partial charge is 0.256 e. The van der Waals surface area contributed by atoms with Crippen LogP contribution in [0.2, 0.25) is 0 Å². The van der Waals surface area contributed by atoms with Gasteiger partial charge < -0.3 is 14.6 Å². The number of halogens is 1. The molecule has 148 valence electrons. The number of H-pyrrole nitrogens is 1. The molecule has 2 heterocycles. The van der Waals surface area contributed by atoms with Crippen molar-refractivity contribution in [2.45, 2.75) is 20.4 Å². The number of methoxy groups -OCH3 is 1. The monoisotopic (exact) mass is 452 g/mol. The van der Waals surface area contributed by atoms with Crippen LogP contribution in [0.25, 0.3) is 22.3 Å². The van der Waals surface area contributed by atoms with Crippen molar-refractivity contribution in [2.24, 2.45) is 0 Å². The van der Waals surface area contributed by atoms with E-state index in [1.807, 2.05) is 37.3 Å². The van der Waals surface area contributed by atoms with Crippen molar-refractivity contribution in [3.63, 3.8) is 0 Å². The first kappa shape index (κ1) is 19.3. The lowest BCUT2D eigenvalue weighted by atomic mass is 10.1. The molecule has 4 aromatic rings. The lowest BCUT2D eigenvalue weighted by Crippen LogP contribution is -2.12. The third-order valence-corrected chi connectivity index (χ3v) is 5.81. The van der Waals surface area contributed by atoms with Gasteiger partial charge in [-0.05, 0) is 49.7 Å². The second kappa shape index (κ2) is 7.75. The van der Waals surface area contributed by atoms with E-state index in [2.05, 4.69) is 49.0 Å². The summed E-state index contributed by atoms with van der Waals surface area (Å²) in [7, 11) is 1.66. The molecule has 6 nitrogen and oxygen atoms in total. The maximum absolute atomic E-state index is 12.6. The number of benzene rings is 2. The molecule has 2 aromatic carbocycles. The summed E-state index contributed by atoms with van der Waals surface area (Å²) < 4.78 is 8.45. The number of fused-ring (bicyclic) bond motifs is 1. The summed E-state index contributed by atoms with van der Waals surface area (Å²) >= 11 is 3.46. The molecule has 0 aliphatic heterocycles. The van der Waals surface area contributed by atoms with E-state index in [4.69, 9.17) is 4.74 Å². The van der Waals surface area contributed by atoms with Crippen molar-refractivity contribution in [1.82, 2.24) is 14.8 Å². The molecule has 0 saturated carbocycles.